The minimum absolute atomic E-state index is 0.464. The summed E-state index contributed by atoms with van der Waals surface area (Å²) in [4.78, 5) is 0. The molecule has 0 aromatic heterocycles. The summed E-state index contributed by atoms with van der Waals surface area (Å²) in [7, 11) is 0. The predicted molar refractivity (Wildman–Crippen MR) is 86.7 cm³/mol. The Morgan fingerprint density at radius 1 is 1.32 bits per heavy atom. The maximum Gasteiger partial charge on any atom is 0.0548 e. The molecule has 1 unspecified atom stereocenters. The largest absolute Gasteiger partial charge is 0.310 e. The summed E-state index contributed by atoms with van der Waals surface area (Å²) >= 11 is 9.64. The number of hydrogen-bond acceptors (Lipinski definition) is 1. The summed E-state index contributed by atoms with van der Waals surface area (Å²) in [5.74, 6) is 1.65. The van der Waals surface area contributed by atoms with Gasteiger partial charge >= 0.3 is 0 Å². The molecule has 1 saturated carbocycles. The van der Waals surface area contributed by atoms with E-state index in [-0.39, 0.29) is 0 Å². The molecule has 0 aliphatic heterocycles. The fourth-order valence-electron chi connectivity index (χ4n) is 3.10. The summed E-state index contributed by atoms with van der Waals surface area (Å²) in [6.45, 7) is 5.57. The van der Waals surface area contributed by atoms with E-state index in [1.165, 1.54) is 31.2 Å². The molecule has 1 aromatic rings. The molecule has 0 saturated heterocycles. The molecule has 1 nitrogen and oxygen atoms in total. The molecule has 1 atom stereocenters. The predicted octanol–water partition coefficient (Wildman–Crippen LogP) is 5.58. The third-order valence-electron chi connectivity index (χ3n) is 4.26. The van der Waals surface area contributed by atoms with Crippen molar-refractivity contribution in [2.75, 3.05) is 6.54 Å². The van der Waals surface area contributed by atoms with E-state index in [2.05, 4.69) is 47.2 Å². The van der Waals surface area contributed by atoms with Crippen LogP contribution in [-0.4, -0.2) is 6.54 Å². The lowest BCUT2D eigenvalue weighted by Crippen LogP contribution is -2.30. The van der Waals surface area contributed by atoms with E-state index in [0.29, 0.717) is 6.04 Å². The van der Waals surface area contributed by atoms with E-state index < -0.39 is 0 Å². The Kier molecular flexibility index (Phi) is 5.73. The Hall–Kier alpha value is -0.0500. The first-order valence-electron chi connectivity index (χ1n) is 7.30. The van der Waals surface area contributed by atoms with Crippen molar-refractivity contribution >= 4 is 27.5 Å². The highest BCUT2D eigenvalue weighted by Gasteiger charge is 2.26. The van der Waals surface area contributed by atoms with Crippen LogP contribution < -0.4 is 5.32 Å². The van der Waals surface area contributed by atoms with E-state index in [0.717, 1.165) is 27.9 Å². The van der Waals surface area contributed by atoms with E-state index in [1.54, 1.807) is 0 Å². The zero-order valence-corrected chi connectivity index (χ0v) is 14.1. The highest BCUT2D eigenvalue weighted by molar-refractivity contribution is 9.10. The van der Waals surface area contributed by atoms with Crippen LogP contribution >= 0.6 is 27.5 Å². The standard InChI is InChI=1S/C16H23BrClN/c1-3-19-16(12-6-4-11(2)5-7-12)13-8-9-15(18)14(17)10-13/h8-12,16,19H,3-7H2,1-2H3. The monoisotopic (exact) mass is 343 g/mol. The smallest absolute Gasteiger partial charge is 0.0548 e. The topological polar surface area (TPSA) is 12.0 Å². The maximum absolute atomic E-state index is 6.10. The Balaban J connectivity index is 2.16. The van der Waals surface area contributed by atoms with Crippen LogP contribution in [0.1, 0.15) is 51.1 Å². The van der Waals surface area contributed by atoms with Gasteiger partial charge in [-0.05, 0) is 64.8 Å². The van der Waals surface area contributed by atoms with E-state index in [9.17, 15) is 0 Å². The first-order valence-corrected chi connectivity index (χ1v) is 8.47. The van der Waals surface area contributed by atoms with Crippen molar-refractivity contribution in [2.24, 2.45) is 11.8 Å². The summed E-state index contributed by atoms with van der Waals surface area (Å²) < 4.78 is 0.999. The molecule has 2 rings (SSSR count). The van der Waals surface area contributed by atoms with Gasteiger partial charge < -0.3 is 5.32 Å². The van der Waals surface area contributed by atoms with Gasteiger partial charge in [0.25, 0.3) is 0 Å². The van der Waals surface area contributed by atoms with Crippen LogP contribution in [0.2, 0.25) is 5.02 Å². The van der Waals surface area contributed by atoms with Crippen LogP contribution in [0.25, 0.3) is 0 Å². The van der Waals surface area contributed by atoms with Gasteiger partial charge in [0.15, 0.2) is 0 Å². The average molecular weight is 345 g/mol. The van der Waals surface area contributed by atoms with E-state index in [1.807, 2.05) is 6.07 Å². The van der Waals surface area contributed by atoms with Gasteiger partial charge in [-0.25, -0.2) is 0 Å². The third kappa shape index (κ3) is 3.96. The lowest BCUT2D eigenvalue weighted by Gasteiger charge is -2.33. The zero-order valence-electron chi connectivity index (χ0n) is 11.8. The summed E-state index contributed by atoms with van der Waals surface area (Å²) in [6, 6.07) is 6.80. The number of hydrogen-bond donors (Lipinski definition) is 1. The van der Waals surface area contributed by atoms with E-state index in [4.69, 9.17) is 11.6 Å². The van der Waals surface area contributed by atoms with Gasteiger partial charge in [-0.3, -0.25) is 0 Å². The molecule has 1 aromatic carbocycles. The van der Waals surface area contributed by atoms with Crippen molar-refractivity contribution in [1.29, 1.82) is 0 Å². The van der Waals surface area contributed by atoms with Crippen LogP contribution in [0.15, 0.2) is 22.7 Å². The number of rotatable bonds is 4. The minimum Gasteiger partial charge on any atom is -0.310 e. The Bertz CT molecular complexity index is 413. The first kappa shape index (κ1) is 15.3. The second kappa shape index (κ2) is 7.10. The molecule has 0 radical (unpaired) electrons. The SMILES string of the molecule is CCNC(c1ccc(Cl)c(Br)c1)C1CCC(C)CC1. The Labute approximate surface area is 130 Å². The normalized spacial score (nSPS) is 25.3. The van der Waals surface area contributed by atoms with Gasteiger partial charge in [-0.15, -0.1) is 0 Å². The highest BCUT2D eigenvalue weighted by atomic mass is 79.9. The lowest BCUT2D eigenvalue weighted by molar-refractivity contribution is 0.233. The average Bonchev–Trinajstić information content (AvgIpc) is 2.41. The molecule has 3 heteroatoms. The first-order chi connectivity index (χ1) is 9.11. The van der Waals surface area contributed by atoms with Gasteiger partial charge in [0, 0.05) is 10.5 Å². The Morgan fingerprint density at radius 2 is 2.00 bits per heavy atom. The van der Waals surface area contributed by atoms with Crippen LogP contribution in [0.5, 0.6) is 0 Å². The van der Waals surface area contributed by atoms with Crippen LogP contribution in [0.3, 0.4) is 0 Å². The van der Waals surface area contributed by atoms with Gasteiger partial charge in [-0.2, -0.15) is 0 Å². The molecule has 1 aliphatic rings. The number of nitrogens with one attached hydrogen (secondary N) is 1. The van der Waals surface area contributed by atoms with Crippen molar-refractivity contribution in [3.63, 3.8) is 0 Å². The van der Waals surface area contributed by atoms with Crippen molar-refractivity contribution < 1.29 is 0 Å². The van der Waals surface area contributed by atoms with Crippen molar-refractivity contribution in [3.8, 4) is 0 Å². The minimum atomic E-state index is 0.464. The van der Waals surface area contributed by atoms with Gasteiger partial charge in [-0.1, -0.05) is 44.4 Å². The molecule has 106 valence electrons. The molecular weight excluding hydrogens is 322 g/mol. The summed E-state index contributed by atoms with van der Waals surface area (Å²) in [6.07, 6.45) is 5.39. The van der Waals surface area contributed by atoms with Crippen molar-refractivity contribution in [1.82, 2.24) is 5.32 Å². The van der Waals surface area contributed by atoms with Crippen LogP contribution in [-0.2, 0) is 0 Å². The molecule has 1 aliphatic carbocycles. The molecule has 1 fully saturated rings. The number of benzene rings is 1. The molecule has 1 N–H and O–H groups in total. The molecule has 0 heterocycles. The fourth-order valence-corrected chi connectivity index (χ4v) is 3.62. The third-order valence-corrected chi connectivity index (χ3v) is 5.47. The molecule has 19 heavy (non-hydrogen) atoms. The zero-order chi connectivity index (χ0) is 13.8. The molecular formula is C16H23BrClN. The fraction of sp³-hybridized carbons (Fsp3) is 0.625. The van der Waals surface area contributed by atoms with Crippen molar-refractivity contribution in [3.05, 3.63) is 33.3 Å². The second-order valence-corrected chi connectivity index (χ2v) is 6.99. The van der Waals surface area contributed by atoms with Gasteiger partial charge in [0.1, 0.15) is 0 Å². The maximum atomic E-state index is 6.10. The van der Waals surface area contributed by atoms with Crippen LogP contribution in [0.4, 0.5) is 0 Å². The molecule has 0 spiro atoms. The van der Waals surface area contributed by atoms with Crippen LogP contribution in [0, 0.1) is 11.8 Å². The molecule has 0 bridgehead atoms. The highest BCUT2D eigenvalue weighted by Crippen LogP contribution is 2.38. The van der Waals surface area contributed by atoms with Gasteiger partial charge in [0.2, 0.25) is 0 Å². The van der Waals surface area contributed by atoms with Crippen molar-refractivity contribution in [2.45, 2.75) is 45.6 Å². The number of halogens is 2. The summed E-state index contributed by atoms with van der Waals surface area (Å²) in [5, 5.41) is 4.45. The quantitative estimate of drug-likeness (QED) is 0.752. The van der Waals surface area contributed by atoms with Gasteiger partial charge in [0.05, 0.1) is 5.02 Å². The summed E-state index contributed by atoms with van der Waals surface area (Å²) in [5.41, 5.74) is 1.36. The molecule has 0 amide bonds. The Morgan fingerprint density at radius 3 is 2.58 bits per heavy atom. The lowest BCUT2D eigenvalue weighted by atomic mass is 9.77. The van der Waals surface area contributed by atoms with E-state index >= 15 is 0 Å². The second-order valence-electron chi connectivity index (χ2n) is 5.73.